The summed E-state index contributed by atoms with van der Waals surface area (Å²) in [6.07, 6.45) is -0.566. The van der Waals surface area contributed by atoms with E-state index in [4.69, 9.17) is 4.74 Å². The van der Waals surface area contributed by atoms with E-state index in [2.05, 4.69) is 17.4 Å². The van der Waals surface area contributed by atoms with E-state index in [1.807, 2.05) is 36.4 Å². The van der Waals surface area contributed by atoms with Crippen LogP contribution in [0.1, 0.15) is 22.6 Å². The van der Waals surface area contributed by atoms with Crippen LogP contribution >= 0.6 is 0 Å². The Morgan fingerprint density at radius 2 is 1.61 bits per heavy atom. The second-order valence-electron chi connectivity index (χ2n) is 7.58. The molecule has 0 fully saturated rings. The molecule has 5 nitrogen and oxygen atoms in total. The van der Waals surface area contributed by atoms with Crippen molar-refractivity contribution < 1.29 is 23.8 Å². The molecule has 31 heavy (non-hydrogen) atoms. The van der Waals surface area contributed by atoms with Crippen molar-refractivity contribution in [1.29, 1.82) is 0 Å². The van der Waals surface area contributed by atoms with Gasteiger partial charge in [-0.05, 0) is 46.4 Å². The summed E-state index contributed by atoms with van der Waals surface area (Å²) in [5, 5.41) is 12.0. The van der Waals surface area contributed by atoms with Crippen LogP contribution < -0.4 is 5.32 Å². The third kappa shape index (κ3) is 4.58. The second-order valence-corrected chi connectivity index (χ2v) is 7.58. The predicted octanol–water partition coefficient (Wildman–Crippen LogP) is 4.61. The Kier molecular flexibility index (Phi) is 5.98. The Bertz CT molecular complexity index is 1070. The summed E-state index contributed by atoms with van der Waals surface area (Å²) < 4.78 is 18.8. The quantitative estimate of drug-likeness (QED) is 0.587. The molecule has 0 spiro atoms. The van der Waals surface area contributed by atoms with Gasteiger partial charge < -0.3 is 15.2 Å². The zero-order valence-electron chi connectivity index (χ0n) is 16.8. The molecule has 1 amide bonds. The minimum Gasteiger partial charge on any atom is -0.481 e. The highest BCUT2D eigenvalue weighted by Gasteiger charge is 2.29. The van der Waals surface area contributed by atoms with Gasteiger partial charge >= 0.3 is 12.1 Å². The van der Waals surface area contributed by atoms with E-state index in [1.54, 1.807) is 6.07 Å². The van der Waals surface area contributed by atoms with Crippen molar-refractivity contribution in [2.24, 2.45) is 5.92 Å². The summed E-state index contributed by atoms with van der Waals surface area (Å²) in [7, 11) is 0. The molecule has 2 N–H and O–H groups in total. The predicted molar refractivity (Wildman–Crippen MR) is 114 cm³/mol. The first kappa shape index (κ1) is 20.6. The van der Waals surface area contributed by atoms with Crippen molar-refractivity contribution in [3.8, 4) is 11.1 Å². The minimum atomic E-state index is -1.07. The van der Waals surface area contributed by atoms with Crippen LogP contribution in [-0.4, -0.2) is 30.3 Å². The van der Waals surface area contributed by atoms with Gasteiger partial charge in [0, 0.05) is 12.5 Å². The topological polar surface area (TPSA) is 75.6 Å². The first-order valence-electron chi connectivity index (χ1n) is 10.1. The molecule has 3 aromatic carbocycles. The number of hydrogen-bond donors (Lipinski definition) is 2. The summed E-state index contributed by atoms with van der Waals surface area (Å²) in [6, 6.07) is 21.8. The van der Waals surface area contributed by atoms with Crippen molar-refractivity contribution in [3.63, 3.8) is 0 Å². The van der Waals surface area contributed by atoms with Crippen molar-refractivity contribution in [2.75, 3.05) is 13.2 Å². The Hall–Kier alpha value is -3.67. The largest absolute Gasteiger partial charge is 0.481 e. The summed E-state index contributed by atoms with van der Waals surface area (Å²) >= 11 is 0. The number of amides is 1. The fourth-order valence-electron chi connectivity index (χ4n) is 4.05. The van der Waals surface area contributed by atoms with Gasteiger partial charge in [-0.2, -0.15) is 0 Å². The van der Waals surface area contributed by atoms with E-state index in [9.17, 15) is 19.1 Å². The number of halogens is 1. The van der Waals surface area contributed by atoms with Gasteiger partial charge in [0.05, 0.1) is 5.92 Å². The molecule has 0 bridgehead atoms. The fraction of sp³-hybridized carbons (Fsp3) is 0.200. The summed E-state index contributed by atoms with van der Waals surface area (Å²) in [4.78, 5) is 23.8. The second kappa shape index (κ2) is 9.00. The van der Waals surface area contributed by atoms with E-state index in [-0.39, 0.29) is 25.5 Å². The third-order valence-corrected chi connectivity index (χ3v) is 5.56. The van der Waals surface area contributed by atoms with Crippen molar-refractivity contribution in [2.45, 2.75) is 12.3 Å². The molecular formula is C25H22FNO4. The molecule has 0 aliphatic heterocycles. The van der Waals surface area contributed by atoms with Gasteiger partial charge in [0.1, 0.15) is 12.4 Å². The highest BCUT2D eigenvalue weighted by atomic mass is 19.1. The third-order valence-electron chi connectivity index (χ3n) is 5.56. The van der Waals surface area contributed by atoms with Crippen LogP contribution in [0.2, 0.25) is 0 Å². The zero-order valence-corrected chi connectivity index (χ0v) is 16.8. The van der Waals surface area contributed by atoms with Gasteiger partial charge in [0.2, 0.25) is 0 Å². The lowest BCUT2D eigenvalue weighted by atomic mass is 9.98. The SMILES string of the molecule is O=C(NC[C@@H](Cc1cccc(F)c1)C(=O)O)OCC1c2ccccc2-c2ccccc21. The molecule has 0 saturated carbocycles. The van der Waals surface area contributed by atoms with Gasteiger partial charge in [0.15, 0.2) is 0 Å². The van der Waals surface area contributed by atoms with Gasteiger partial charge in [0.25, 0.3) is 0 Å². The van der Waals surface area contributed by atoms with E-state index in [0.717, 1.165) is 22.3 Å². The van der Waals surface area contributed by atoms with Crippen LogP contribution in [0.4, 0.5) is 9.18 Å². The number of carbonyl (C=O) groups is 2. The van der Waals surface area contributed by atoms with Gasteiger partial charge in [-0.1, -0.05) is 60.7 Å². The van der Waals surface area contributed by atoms with E-state index < -0.39 is 23.8 Å². The molecule has 158 valence electrons. The Labute approximate surface area is 179 Å². The maximum absolute atomic E-state index is 13.4. The summed E-state index contributed by atoms with van der Waals surface area (Å²) in [6.45, 7) is 0.0457. The van der Waals surface area contributed by atoms with Crippen molar-refractivity contribution >= 4 is 12.1 Å². The molecule has 0 radical (unpaired) electrons. The van der Waals surface area contributed by atoms with Gasteiger partial charge in [-0.3, -0.25) is 4.79 Å². The number of carboxylic acids is 1. The Morgan fingerprint density at radius 3 is 2.23 bits per heavy atom. The molecule has 0 aromatic heterocycles. The molecule has 0 heterocycles. The number of carbonyl (C=O) groups excluding carboxylic acids is 1. The molecule has 4 rings (SSSR count). The first-order chi connectivity index (χ1) is 15.0. The highest BCUT2D eigenvalue weighted by Crippen LogP contribution is 2.44. The molecule has 0 saturated heterocycles. The summed E-state index contributed by atoms with van der Waals surface area (Å²) in [5.74, 6) is -2.45. The van der Waals surface area contributed by atoms with Crippen LogP contribution in [-0.2, 0) is 16.0 Å². The fourth-order valence-corrected chi connectivity index (χ4v) is 4.05. The number of rotatable bonds is 7. The van der Waals surface area contributed by atoms with Gasteiger partial charge in [-0.25, -0.2) is 9.18 Å². The lowest BCUT2D eigenvalue weighted by molar-refractivity contribution is -0.141. The lowest BCUT2D eigenvalue weighted by Gasteiger charge is -2.16. The van der Waals surface area contributed by atoms with Crippen LogP contribution in [0.3, 0.4) is 0 Å². The molecule has 1 aliphatic carbocycles. The maximum Gasteiger partial charge on any atom is 0.407 e. The highest BCUT2D eigenvalue weighted by molar-refractivity contribution is 5.79. The van der Waals surface area contributed by atoms with Crippen LogP contribution in [0, 0.1) is 11.7 Å². The Balaban J connectivity index is 1.36. The number of carboxylic acid groups (broad SMARTS) is 1. The average Bonchev–Trinajstić information content (AvgIpc) is 3.09. The number of aliphatic carboxylic acids is 1. The minimum absolute atomic E-state index is 0.0688. The van der Waals surface area contributed by atoms with E-state index in [1.165, 1.54) is 18.2 Å². The molecule has 1 aliphatic rings. The zero-order chi connectivity index (χ0) is 21.8. The number of benzene rings is 3. The number of alkyl carbamates (subject to hydrolysis) is 1. The molecule has 6 heteroatoms. The number of hydrogen-bond acceptors (Lipinski definition) is 3. The number of nitrogens with one attached hydrogen (secondary N) is 1. The first-order valence-corrected chi connectivity index (χ1v) is 10.1. The van der Waals surface area contributed by atoms with Gasteiger partial charge in [-0.15, -0.1) is 0 Å². The molecular weight excluding hydrogens is 397 g/mol. The monoisotopic (exact) mass is 419 g/mol. The maximum atomic E-state index is 13.4. The average molecular weight is 419 g/mol. The Morgan fingerprint density at radius 1 is 0.968 bits per heavy atom. The molecule has 1 atom stereocenters. The molecule has 0 unspecified atom stereocenters. The van der Waals surface area contributed by atoms with Crippen LogP contribution in [0.15, 0.2) is 72.8 Å². The van der Waals surface area contributed by atoms with Crippen molar-refractivity contribution in [1.82, 2.24) is 5.32 Å². The smallest absolute Gasteiger partial charge is 0.407 e. The number of ether oxygens (including phenoxy) is 1. The lowest BCUT2D eigenvalue weighted by Crippen LogP contribution is -2.35. The number of fused-ring (bicyclic) bond motifs is 3. The van der Waals surface area contributed by atoms with Crippen molar-refractivity contribution in [3.05, 3.63) is 95.3 Å². The van der Waals surface area contributed by atoms with E-state index in [0.29, 0.717) is 5.56 Å². The van der Waals surface area contributed by atoms with Crippen LogP contribution in [0.25, 0.3) is 11.1 Å². The summed E-state index contributed by atoms with van der Waals surface area (Å²) in [5.41, 5.74) is 5.03. The standard InChI is InChI=1S/C25H22FNO4/c26-18-7-5-6-16(13-18)12-17(24(28)29)14-27-25(30)31-15-23-21-10-3-1-8-19(21)20-9-2-4-11-22(20)23/h1-11,13,17,23H,12,14-15H2,(H,27,30)(H,28,29)/t17-/m1/s1. The molecule has 3 aromatic rings. The normalized spacial score (nSPS) is 13.2. The van der Waals surface area contributed by atoms with Crippen LogP contribution in [0.5, 0.6) is 0 Å². The van der Waals surface area contributed by atoms with E-state index >= 15 is 0 Å².